The third kappa shape index (κ3) is 3.72. The minimum Gasteiger partial charge on any atom is -0.340 e. The molecule has 0 radical (unpaired) electrons. The molecule has 2 saturated heterocycles. The molecule has 1 aromatic carbocycles. The fourth-order valence-electron chi connectivity index (χ4n) is 4.17. The molecule has 0 bridgehead atoms. The van der Waals surface area contributed by atoms with Crippen LogP contribution in [-0.4, -0.2) is 89.5 Å². The summed E-state index contributed by atoms with van der Waals surface area (Å²) >= 11 is 0. The highest BCUT2D eigenvalue weighted by Crippen LogP contribution is 2.26. The summed E-state index contributed by atoms with van der Waals surface area (Å²) in [5.74, 6) is 0.489. The number of rotatable bonds is 4. The molecule has 8 heteroatoms. The monoisotopic (exact) mass is 396 g/mol. The van der Waals surface area contributed by atoms with Gasteiger partial charge in [-0.1, -0.05) is 35.9 Å². The summed E-state index contributed by atoms with van der Waals surface area (Å²) in [6.45, 7) is 10.9. The number of likely N-dealkylation sites (N-methyl/N-ethyl adjacent to an activating group) is 1. The first kappa shape index (κ1) is 19.4. The number of hydrogen-bond acceptors (Lipinski definition) is 6. The second-order valence-electron chi connectivity index (χ2n) is 7.88. The topological polar surface area (TPSA) is 71.5 Å². The molecule has 0 aromatic heterocycles. The summed E-state index contributed by atoms with van der Waals surface area (Å²) in [7, 11) is 1.68. The molecule has 3 aliphatic rings. The van der Waals surface area contributed by atoms with Crippen molar-refractivity contribution >= 4 is 17.9 Å². The first-order valence-electron chi connectivity index (χ1n) is 10.0. The van der Waals surface area contributed by atoms with E-state index in [2.05, 4.69) is 52.9 Å². The van der Waals surface area contributed by atoms with Crippen molar-refractivity contribution in [3.05, 3.63) is 48.0 Å². The molecule has 4 rings (SSSR count). The van der Waals surface area contributed by atoms with Gasteiger partial charge in [0.25, 0.3) is 5.91 Å². The van der Waals surface area contributed by atoms with Crippen molar-refractivity contribution in [3.63, 3.8) is 0 Å². The Bertz CT molecular complexity index is 828. The lowest BCUT2D eigenvalue weighted by molar-refractivity contribution is -0.127. The molecule has 8 nitrogen and oxygen atoms in total. The van der Waals surface area contributed by atoms with E-state index in [1.54, 1.807) is 13.1 Å². The summed E-state index contributed by atoms with van der Waals surface area (Å²) in [5, 5.41) is 2.42. The zero-order chi connectivity index (χ0) is 20.5. The summed E-state index contributed by atoms with van der Waals surface area (Å²) < 4.78 is 0. The van der Waals surface area contributed by atoms with Crippen molar-refractivity contribution in [3.8, 4) is 0 Å². The Hall–Kier alpha value is -2.87. The third-order valence-electron chi connectivity index (χ3n) is 5.85. The lowest BCUT2D eigenvalue weighted by atomic mass is 10.1. The van der Waals surface area contributed by atoms with E-state index in [0.29, 0.717) is 6.54 Å². The maximum absolute atomic E-state index is 12.5. The van der Waals surface area contributed by atoms with Crippen LogP contribution in [-0.2, 0) is 11.3 Å². The van der Waals surface area contributed by atoms with Gasteiger partial charge in [-0.2, -0.15) is 0 Å². The van der Waals surface area contributed by atoms with Gasteiger partial charge in [-0.25, -0.2) is 9.79 Å². The van der Waals surface area contributed by atoms with Gasteiger partial charge in [0, 0.05) is 46.3 Å². The number of hydrogen-bond donors (Lipinski definition) is 1. The number of carbonyl (C=O) groups is 2. The van der Waals surface area contributed by atoms with E-state index in [-0.39, 0.29) is 5.91 Å². The first-order valence-corrected chi connectivity index (χ1v) is 10.0. The van der Waals surface area contributed by atoms with Gasteiger partial charge in [0.15, 0.2) is 18.2 Å². The number of imide groups is 1. The van der Waals surface area contributed by atoms with Crippen LogP contribution in [0.2, 0.25) is 0 Å². The van der Waals surface area contributed by atoms with Crippen LogP contribution in [0.1, 0.15) is 11.1 Å². The van der Waals surface area contributed by atoms with Gasteiger partial charge in [0.1, 0.15) is 0 Å². The van der Waals surface area contributed by atoms with Crippen molar-refractivity contribution in [1.29, 1.82) is 0 Å². The number of aliphatic imine (C=N–C) groups is 1. The standard InChI is InChI=1S/C21H28N6O2/c1-4-9-27-17-18(24(3)21(29)23-19(17)28)22-20(27)26-12-10-25(11-13-26)14-16-7-5-15(2)6-8-16/h4-8,17-18H,1,9-14H2,2-3H3,(H,23,28,29). The van der Waals surface area contributed by atoms with Crippen molar-refractivity contribution in [2.75, 3.05) is 39.8 Å². The molecule has 3 aliphatic heterocycles. The van der Waals surface area contributed by atoms with E-state index in [4.69, 9.17) is 4.99 Å². The Morgan fingerprint density at radius 2 is 1.86 bits per heavy atom. The van der Waals surface area contributed by atoms with Crippen LogP contribution in [0, 0.1) is 6.92 Å². The normalized spacial score (nSPS) is 25.0. The summed E-state index contributed by atoms with van der Waals surface area (Å²) in [4.78, 5) is 37.4. The van der Waals surface area contributed by atoms with E-state index in [1.165, 1.54) is 16.0 Å². The van der Waals surface area contributed by atoms with Gasteiger partial charge in [-0.15, -0.1) is 6.58 Å². The fraction of sp³-hybridized carbons (Fsp3) is 0.476. The fourth-order valence-corrected chi connectivity index (χ4v) is 4.17. The zero-order valence-electron chi connectivity index (χ0n) is 17.0. The number of fused-ring (bicyclic) bond motifs is 1. The molecule has 3 heterocycles. The number of amides is 3. The number of guanidine groups is 1. The van der Waals surface area contributed by atoms with Crippen LogP contribution in [0.25, 0.3) is 0 Å². The van der Waals surface area contributed by atoms with Gasteiger partial charge in [-0.3, -0.25) is 15.0 Å². The molecule has 2 unspecified atom stereocenters. The molecular formula is C21H28N6O2. The molecule has 1 N–H and O–H groups in total. The SMILES string of the molecule is C=CCN1C(N2CCN(Cc3ccc(C)cc3)CC2)=NC2C1C(=O)NC(=O)N2C. The van der Waals surface area contributed by atoms with E-state index >= 15 is 0 Å². The highest BCUT2D eigenvalue weighted by atomic mass is 16.2. The maximum atomic E-state index is 12.5. The number of piperazine rings is 1. The van der Waals surface area contributed by atoms with Crippen LogP contribution < -0.4 is 5.32 Å². The number of aryl methyl sites for hydroxylation is 1. The number of nitrogens with one attached hydrogen (secondary N) is 1. The second-order valence-corrected chi connectivity index (χ2v) is 7.88. The Labute approximate surface area is 171 Å². The Morgan fingerprint density at radius 3 is 2.52 bits per heavy atom. The molecule has 154 valence electrons. The average Bonchev–Trinajstić information content (AvgIpc) is 3.09. The first-order chi connectivity index (χ1) is 14.0. The molecule has 1 aromatic rings. The summed E-state index contributed by atoms with van der Waals surface area (Å²) in [6.07, 6.45) is 1.28. The molecule has 2 atom stereocenters. The quantitative estimate of drug-likeness (QED) is 0.764. The van der Waals surface area contributed by atoms with Gasteiger partial charge >= 0.3 is 6.03 Å². The van der Waals surface area contributed by atoms with Crippen LogP contribution in [0.5, 0.6) is 0 Å². The summed E-state index contributed by atoms with van der Waals surface area (Å²) in [6, 6.07) is 7.77. The van der Waals surface area contributed by atoms with Gasteiger partial charge < -0.3 is 14.7 Å². The molecule has 0 spiro atoms. The zero-order valence-corrected chi connectivity index (χ0v) is 17.0. The lowest BCUT2D eigenvalue weighted by Gasteiger charge is -2.40. The molecule has 0 saturated carbocycles. The van der Waals surface area contributed by atoms with Crippen molar-refractivity contribution < 1.29 is 9.59 Å². The van der Waals surface area contributed by atoms with Crippen LogP contribution >= 0.6 is 0 Å². The maximum Gasteiger partial charge on any atom is 0.325 e. The number of urea groups is 1. The van der Waals surface area contributed by atoms with Crippen molar-refractivity contribution in [1.82, 2.24) is 24.9 Å². The van der Waals surface area contributed by atoms with Gasteiger partial charge in [0.05, 0.1) is 0 Å². The van der Waals surface area contributed by atoms with Crippen molar-refractivity contribution in [2.45, 2.75) is 25.7 Å². The molecular weight excluding hydrogens is 368 g/mol. The Kier molecular flexibility index (Phi) is 5.27. The largest absolute Gasteiger partial charge is 0.340 e. The third-order valence-corrected chi connectivity index (χ3v) is 5.85. The summed E-state index contributed by atoms with van der Waals surface area (Å²) in [5.41, 5.74) is 2.59. The van der Waals surface area contributed by atoms with Crippen LogP contribution in [0.4, 0.5) is 4.79 Å². The lowest BCUT2D eigenvalue weighted by Crippen LogP contribution is -2.64. The van der Waals surface area contributed by atoms with E-state index in [9.17, 15) is 9.59 Å². The molecule has 0 aliphatic carbocycles. The average molecular weight is 396 g/mol. The van der Waals surface area contributed by atoms with Crippen LogP contribution in [0.3, 0.4) is 0 Å². The number of nitrogens with zero attached hydrogens (tertiary/aromatic N) is 5. The van der Waals surface area contributed by atoms with Crippen LogP contribution in [0.15, 0.2) is 41.9 Å². The Morgan fingerprint density at radius 1 is 1.17 bits per heavy atom. The predicted octanol–water partition coefficient (Wildman–Crippen LogP) is 0.847. The molecule has 29 heavy (non-hydrogen) atoms. The minimum absolute atomic E-state index is 0.295. The minimum atomic E-state index is -0.503. The van der Waals surface area contributed by atoms with E-state index in [0.717, 1.165) is 38.7 Å². The van der Waals surface area contributed by atoms with Gasteiger partial charge in [0.2, 0.25) is 0 Å². The second kappa shape index (κ2) is 7.87. The predicted molar refractivity (Wildman–Crippen MR) is 111 cm³/mol. The molecule has 2 fully saturated rings. The molecule has 3 amide bonds. The van der Waals surface area contributed by atoms with Gasteiger partial charge in [-0.05, 0) is 12.5 Å². The number of carbonyl (C=O) groups excluding carboxylic acids is 2. The highest BCUT2D eigenvalue weighted by Gasteiger charge is 2.49. The van der Waals surface area contributed by atoms with Crippen molar-refractivity contribution in [2.24, 2.45) is 4.99 Å². The van der Waals surface area contributed by atoms with E-state index in [1.807, 2.05) is 4.90 Å². The Balaban J connectivity index is 1.45. The number of benzene rings is 1. The van der Waals surface area contributed by atoms with E-state index < -0.39 is 18.2 Å². The highest BCUT2D eigenvalue weighted by molar-refractivity contribution is 6.03. The smallest absolute Gasteiger partial charge is 0.325 e.